The number of rotatable bonds is 4. The molecule has 0 heterocycles. The molecule has 0 atom stereocenters. The highest BCUT2D eigenvalue weighted by molar-refractivity contribution is 9.08. The molecule has 2 rings (SSSR count). The summed E-state index contributed by atoms with van der Waals surface area (Å²) in [4.78, 5) is 2.30. The monoisotopic (exact) mass is 317 g/mol. The Bertz CT molecular complexity index is 563. The molecule has 0 radical (unpaired) electrons. The van der Waals surface area contributed by atoms with Gasteiger partial charge in [-0.15, -0.1) is 0 Å². The molecule has 0 spiro atoms. The fourth-order valence-electron chi connectivity index (χ4n) is 2.20. The Morgan fingerprint density at radius 2 is 1.68 bits per heavy atom. The highest BCUT2D eigenvalue weighted by Gasteiger charge is 2.06. The number of hydrogen-bond donors (Lipinski definition) is 0. The minimum absolute atomic E-state index is 0.917. The van der Waals surface area contributed by atoms with Crippen molar-refractivity contribution in [3.8, 4) is 0 Å². The van der Waals surface area contributed by atoms with Gasteiger partial charge in [0.05, 0.1) is 0 Å². The van der Waals surface area contributed by atoms with E-state index in [1.807, 2.05) is 0 Å². The van der Waals surface area contributed by atoms with Crippen LogP contribution >= 0.6 is 15.9 Å². The lowest BCUT2D eigenvalue weighted by Crippen LogP contribution is -2.17. The van der Waals surface area contributed by atoms with Gasteiger partial charge in [0.25, 0.3) is 0 Å². The molecule has 0 aliphatic carbocycles. The van der Waals surface area contributed by atoms with Crippen LogP contribution in [-0.2, 0) is 11.9 Å². The predicted molar refractivity (Wildman–Crippen MR) is 87.1 cm³/mol. The smallest absolute Gasteiger partial charge is 0.0428 e. The fourth-order valence-corrected chi connectivity index (χ4v) is 2.83. The zero-order valence-corrected chi connectivity index (χ0v) is 13.4. The van der Waals surface area contributed by atoms with Crippen molar-refractivity contribution >= 4 is 21.6 Å². The van der Waals surface area contributed by atoms with Crippen molar-refractivity contribution in [2.75, 3.05) is 11.9 Å². The van der Waals surface area contributed by atoms with Gasteiger partial charge in [0, 0.05) is 24.6 Å². The van der Waals surface area contributed by atoms with E-state index in [1.165, 1.54) is 27.9 Å². The van der Waals surface area contributed by atoms with Gasteiger partial charge < -0.3 is 4.90 Å². The quantitative estimate of drug-likeness (QED) is 0.730. The van der Waals surface area contributed by atoms with Gasteiger partial charge in [-0.1, -0.05) is 46.3 Å². The van der Waals surface area contributed by atoms with Crippen LogP contribution in [0.25, 0.3) is 0 Å². The molecule has 2 heteroatoms. The minimum atomic E-state index is 0.917. The molecule has 0 bridgehead atoms. The van der Waals surface area contributed by atoms with Crippen molar-refractivity contribution in [2.45, 2.75) is 25.7 Å². The summed E-state index contributed by atoms with van der Waals surface area (Å²) in [5, 5.41) is 0.917. The number of hydrogen-bond acceptors (Lipinski definition) is 1. The molecule has 2 aromatic rings. The zero-order valence-electron chi connectivity index (χ0n) is 11.8. The number of aryl methyl sites for hydroxylation is 2. The van der Waals surface area contributed by atoms with Crippen LogP contribution in [0.5, 0.6) is 0 Å². The third-order valence-corrected chi connectivity index (χ3v) is 4.18. The molecule has 100 valence electrons. The number of anilines is 1. The van der Waals surface area contributed by atoms with Gasteiger partial charge in [0.1, 0.15) is 0 Å². The number of benzene rings is 2. The van der Waals surface area contributed by atoms with Crippen LogP contribution in [0, 0.1) is 13.8 Å². The molecule has 0 saturated heterocycles. The Hall–Kier alpha value is -1.28. The topological polar surface area (TPSA) is 3.24 Å². The lowest BCUT2D eigenvalue weighted by molar-refractivity contribution is 0.912. The molecule has 1 nitrogen and oxygen atoms in total. The second-order valence-electron chi connectivity index (χ2n) is 5.03. The van der Waals surface area contributed by atoms with Crippen LogP contribution in [0.3, 0.4) is 0 Å². The predicted octanol–water partition coefficient (Wildman–Crippen LogP) is 4.83. The third kappa shape index (κ3) is 3.38. The first-order valence-corrected chi connectivity index (χ1v) is 7.65. The van der Waals surface area contributed by atoms with Gasteiger partial charge in [0.2, 0.25) is 0 Å². The van der Waals surface area contributed by atoms with E-state index in [9.17, 15) is 0 Å². The van der Waals surface area contributed by atoms with Gasteiger partial charge in [-0.25, -0.2) is 0 Å². The standard InChI is InChI=1S/C17H20BrN/c1-13-6-4-5-7-16(13)12-19(3)17-9-8-15(11-18)14(2)10-17/h4-10H,11-12H2,1-3H3. The molecule has 0 saturated carbocycles. The van der Waals surface area contributed by atoms with E-state index in [4.69, 9.17) is 0 Å². The molecule has 19 heavy (non-hydrogen) atoms. The van der Waals surface area contributed by atoms with E-state index < -0.39 is 0 Å². The van der Waals surface area contributed by atoms with Gasteiger partial charge >= 0.3 is 0 Å². The van der Waals surface area contributed by atoms with Crippen LogP contribution in [0.4, 0.5) is 5.69 Å². The Balaban J connectivity index is 2.18. The van der Waals surface area contributed by atoms with E-state index >= 15 is 0 Å². The fraction of sp³-hybridized carbons (Fsp3) is 0.294. The van der Waals surface area contributed by atoms with Crippen molar-refractivity contribution in [1.29, 1.82) is 0 Å². The lowest BCUT2D eigenvalue weighted by Gasteiger charge is -2.21. The van der Waals surface area contributed by atoms with E-state index in [2.05, 4.69) is 84.2 Å². The maximum atomic E-state index is 3.52. The van der Waals surface area contributed by atoms with E-state index in [0.29, 0.717) is 0 Å². The Kier molecular flexibility index (Phi) is 4.65. The van der Waals surface area contributed by atoms with Crippen LogP contribution in [0.1, 0.15) is 22.3 Å². The molecule has 0 fully saturated rings. The normalized spacial score (nSPS) is 10.5. The molecule has 2 aromatic carbocycles. The highest BCUT2D eigenvalue weighted by Crippen LogP contribution is 2.22. The Morgan fingerprint density at radius 1 is 0.947 bits per heavy atom. The zero-order chi connectivity index (χ0) is 13.8. The summed E-state index contributed by atoms with van der Waals surface area (Å²) < 4.78 is 0. The largest absolute Gasteiger partial charge is 0.370 e. The molecular formula is C17H20BrN. The minimum Gasteiger partial charge on any atom is -0.370 e. The molecule has 0 aromatic heterocycles. The average molecular weight is 318 g/mol. The Morgan fingerprint density at radius 3 is 2.32 bits per heavy atom. The van der Waals surface area contributed by atoms with Crippen LogP contribution in [0.15, 0.2) is 42.5 Å². The van der Waals surface area contributed by atoms with Crippen molar-refractivity contribution in [3.05, 3.63) is 64.7 Å². The summed E-state index contributed by atoms with van der Waals surface area (Å²) in [6.45, 7) is 5.28. The second kappa shape index (κ2) is 6.25. The highest BCUT2D eigenvalue weighted by atomic mass is 79.9. The first kappa shape index (κ1) is 14.1. The first-order valence-electron chi connectivity index (χ1n) is 6.53. The maximum Gasteiger partial charge on any atom is 0.0428 e. The average Bonchev–Trinajstić information content (AvgIpc) is 2.41. The molecular weight excluding hydrogens is 298 g/mol. The summed E-state index contributed by atoms with van der Waals surface area (Å²) in [5.74, 6) is 0. The van der Waals surface area contributed by atoms with E-state index in [1.54, 1.807) is 0 Å². The van der Waals surface area contributed by atoms with Crippen molar-refractivity contribution in [3.63, 3.8) is 0 Å². The van der Waals surface area contributed by atoms with Crippen molar-refractivity contribution in [2.24, 2.45) is 0 Å². The summed E-state index contributed by atoms with van der Waals surface area (Å²) in [6, 6.07) is 15.2. The van der Waals surface area contributed by atoms with Crippen molar-refractivity contribution < 1.29 is 0 Å². The molecule has 0 aliphatic rings. The summed E-state index contributed by atoms with van der Waals surface area (Å²) in [5.41, 5.74) is 6.69. The first-order chi connectivity index (χ1) is 9.11. The molecule has 0 amide bonds. The van der Waals surface area contributed by atoms with Crippen LogP contribution in [0.2, 0.25) is 0 Å². The van der Waals surface area contributed by atoms with Gasteiger partial charge in [-0.3, -0.25) is 0 Å². The molecule has 0 aliphatic heterocycles. The number of nitrogens with zero attached hydrogens (tertiary/aromatic N) is 1. The lowest BCUT2D eigenvalue weighted by atomic mass is 10.1. The van der Waals surface area contributed by atoms with Crippen LogP contribution < -0.4 is 4.90 Å². The summed E-state index contributed by atoms with van der Waals surface area (Å²) >= 11 is 3.52. The Labute approximate surface area is 124 Å². The second-order valence-corrected chi connectivity index (χ2v) is 5.59. The molecule has 0 N–H and O–H groups in total. The van der Waals surface area contributed by atoms with Gasteiger partial charge in [0.15, 0.2) is 0 Å². The third-order valence-electron chi connectivity index (χ3n) is 3.58. The SMILES string of the molecule is Cc1cc(N(C)Cc2ccccc2C)ccc1CBr. The van der Waals surface area contributed by atoms with E-state index in [-0.39, 0.29) is 0 Å². The summed E-state index contributed by atoms with van der Waals surface area (Å²) in [7, 11) is 2.15. The number of halogens is 1. The number of alkyl halides is 1. The van der Waals surface area contributed by atoms with Crippen LogP contribution in [-0.4, -0.2) is 7.05 Å². The summed E-state index contributed by atoms with van der Waals surface area (Å²) in [6.07, 6.45) is 0. The van der Waals surface area contributed by atoms with Gasteiger partial charge in [-0.2, -0.15) is 0 Å². The van der Waals surface area contributed by atoms with Gasteiger partial charge in [-0.05, 0) is 48.2 Å². The van der Waals surface area contributed by atoms with Crippen molar-refractivity contribution in [1.82, 2.24) is 0 Å². The van der Waals surface area contributed by atoms with E-state index in [0.717, 1.165) is 11.9 Å². The molecule has 0 unspecified atom stereocenters. The maximum absolute atomic E-state index is 3.52.